The first-order chi connectivity index (χ1) is 6.07. The van der Waals surface area contributed by atoms with Crippen LogP contribution < -0.4 is 5.32 Å². The molecule has 0 atom stereocenters. The minimum Gasteiger partial charge on any atom is -0.346 e. The van der Waals surface area contributed by atoms with Crippen molar-refractivity contribution in [3.05, 3.63) is 11.1 Å². The fourth-order valence-electron chi connectivity index (χ4n) is 0.830. The molecule has 1 N–H and O–H groups in total. The molecule has 0 aliphatic carbocycles. The molecule has 0 aliphatic rings. The first kappa shape index (κ1) is 10.1. The van der Waals surface area contributed by atoms with E-state index < -0.39 is 0 Å². The van der Waals surface area contributed by atoms with E-state index >= 15 is 0 Å². The summed E-state index contributed by atoms with van der Waals surface area (Å²) in [6, 6.07) is 0. The van der Waals surface area contributed by atoms with Crippen LogP contribution in [0.4, 0.5) is 5.13 Å². The topological polar surface area (TPSA) is 24.9 Å². The molecule has 13 heavy (non-hydrogen) atoms. The van der Waals surface area contributed by atoms with Crippen LogP contribution >= 0.6 is 11.3 Å². The lowest BCUT2D eigenvalue weighted by Gasteiger charge is -2.18. The second-order valence-electron chi connectivity index (χ2n) is 3.39. The molecular weight excluding hydrogens is 180 g/mol. The summed E-state index contributed by atoms with van der Waals surface area (Å²) in [5.41, 5.74) is 0.795. The minimum absolute atomic E-state index is 0.317. The molecule has 2 nitrogen and oxygen atoms in total. The summed E-state index contributed by atoms with van der Waals surface area (Å²) in [5.74, 6) is 2.67. The van der Waals surface area contributed by atoms with Crippen molar-refractivity contribution in [3.8, 4) is 12.3 Å². The summed E-state index contributed by atoms with van der Waals surface area (Å²) in [6.07, 6.45) is 6.32. The van der Waals surface area contributed by atoms with Crippen molar-refractivity contribution in [1.29, 1.82) is 0 Å². The molecular formula is C10H14N2S. The standard InChI is InChI=1S/C10H14N2S/c1-5-8-7-13-9(11-8)12-10(3,4)6-2/h2,7H,5H2,1,3-4H3,(H,11,12). The summed E-state index contributed by atoms with van der Waals surface area (Å²) in [5, 5.41) is 6.15. The Morgan fingerprint density at radius 1 is 1.69 bits per heavy atom. The zero-order chi connectivity index (χ0) is 9.90. The van der Waals surface area contributed by atoms with Crippen LogP contribution in [0.1, 0.15) is 26.5 Å². The number of aromatic nitrogens is 1. The van der Waals surface area contributed by atoms with Crippen molar-refractivity contribution in [2.24, 2.45) is 0 Å². The van der Waals surface area contributed by atoms with E-state index in [1.807, 2.05) is 13.8 Å². The molecule has 0 spiro atoms. The fourth-order valence-corrected chi connectivity index (χ4v) is 1.78. The van der Waals surface area contributed by atoms with Gasteiger partial charge in [0.1, 0.15) is 0 Å². The SMILES string of the molecule is C#CC(C)(C)Nc1nc(CC)cs1. The molecule has 1 rings (SSSR count). The van der Waals surface area contributed by atoms with Crippen LogP contribution in [0.2, 0.25) is 0 Å². The van der Waals surface area contributed by atoms with Gasteiger partial charge in [-0.2, -0.15) is 0 Å². The Morgan fingerprint density at radius 2 is 2.38 bits per heavy atom. The summed E-state index contributed by atoms with van der Waals surface area (Å²) in [6.45, 7) is 6.01. The zero-order valence-corrected chi connectivity index (χ0v) is 9.03. The van der Waals surface area contributed by atoms with Gasteiger partial charge in [0.25, 0.3) is 0 Å². The van der Waals surface area contributed by atoms with Crippen molar-refractivity contribution in [1.82, 2.24) is 4.98 Å². The van der Waals surface area contributed by atoms with Crippen molar-refractivity contribution < 1.29 is 0 Å². The van der Waals surface area contributed by atoms with Gasteiger partial charge >= 0.3 is 0 Å². The Morgan fingerprint density at radius 3 is 2.85 bits per heavy atom. The maximum atomic E-state index is 5.36. The predicted octanol–water partition coefficient (Wildman–Crippen LogP) is 2.53. The van der Waals surface area contributed by atoms with E-state index in [1.54, 1.807) is 11.3 Å². The average Bonchev–Trinajstić information content (AvgIpc) is 2.52. The van der Waals surface area contributed by atoms with Gasteiger partial charge < -0.3 is 5.32 Å². The van der Waals surface area contributed by atoms with Gasteiger partial charge in [0, 0.05) is 5.38 Å². The Kier molecular flexibility index (Phi) is 2.94. The second-order valence-corrected chi connectivity index (χ2v) is 4.25. The lowest BCUT2D eigenvalue weighted by atomic mass is 10.1. The monoisotopic (exact) mass is 194 g/mol. The highest BCUT2D eigenvalue weighted by atomic mass is 32.1. The number of hydrogen-bond acceptors (Lipinski definition) is 3. The summed E-state index contributed by atoms with van der Waals surface area (Å²) >= 11 is 1.60. The number of thiazole rings is 1. The van der Waals surface area contributed by atoms with E-state index in [4.69, 9.17) is 6.42 Å². The molecule has 0 aromatic carbocycles. The maximum Gasteiger partial charge on any atom is 0.184 e. The molecule has 1 aromatic heterocycles. The van der Waals surface area contributed by atoms with Gasteiger partial charge in [-0.3, -0.25) is 0 Å². The molecule has 0 unspecified atom stereocenters. The van der Waals surface area contributed by atoms with E-state index in [2.05, 4.69) is 28.5 Å². The molecule has 1 heterocycles. The normalized spacial score (nSPS) is 10.9. The van der Waals surface area contributed by atoms with Gasteiger partial charge in [-0.05, 0) is 20.3 Å². The number of anilines is 1. The summed E-state index contributed by atoms with van der Waals surface area (Å²) in [4.78, 5) is 4.37. The van der Waals surface area contributed by atoms with Crippen LogP contribution in [-0.4, -0.2) is 10.5 Å². The predicted molar refractivity (Wildman–Crippen MR) is 58.0 cm³/mol. The molecule has 0 amide bonds. The molecule has 0 saturated carbocycles. The quantitative estimate of drug-likeness (QED) is 0.748. The largest absolute Gasteiger partial charge is 0.346 e. The molecule has 0 radical (unpaired) electrons. The van der Waals surface area contributed by atoms with Crippen molar-refractivity contribution in [2.75, 3.05) is 5.32 Å². The Bertz CT molecular complexity index is 320. The molecule has 0 bridgehead atoms. The van der Waals surface area contributed by atoms with E-state index in [0.717, 1.165) is 17.2 Å². The summed E-state index contributed by atoms with van der Waals surface area (Å²) in [7, 11) is 0. The number of terminal acetylenes is 1. The van der Waals surface area contributed by atoms with Crippen molar-refractivity contribution >= 4 is 16.5 Å². The molecule has 0 aliphatic heterocycles. The number of nitrogens with zero attached hydrogens (tertiary/aromatic N) is 1. The smallest absolute Gasteiger partial charge is 0.184 e. The average molecular weight is 194 g/mol. The highest BCUT2D eigenvalue weighted by Crippen LogP contribution is 2.19. The van der Waals surface area contributed by atoms with Crippen LogP contribution in [0.25, 0.3) is 0 Å². The first-order valence-electron chi connectivity index (χ1n) is 4.28. The molecule has 0 saturated heterocycles. The second kappa shape index (κ2) is 3.80. The van der Waals surface area contributed by atoms with Crippen molar-refractivity contribution in [3.63, 3.8) is 0 Å². The number of hydrogen-bond donors (Lipinski definition) is 1. The fraction of sp³-hybridized carbons (Fsp3) is 0.500. The van der Waals surface area contributed by atoms with Gasteiger partial charge in [-0.25, -0.2) is 4.98 Å². The minimum atomic E-state index is -0.317. The third-order valence-electron chi connectivity index (χ3n) is 1.69. The molecule has 1 aromatic rings. The zero-order valence-electron chi connectivity index (χ0n) is 8.22. The van der Waals surface area contributed by atoms with E-state index in [9.17, 15) is 0 Å². The third-order valence-corrected chi connectivity index (χ3v) is 2.50. The number of rotatable bonds is 3. The van der Waals surface area contributed by atoms with Gasteiger partial charge in [0.15, 0.2) is 5.13 Å². The summed E-state index contributed by atoms with van der Waals surface area (Å²) < 4.78 is 0. The van der Waals surface area contributed by atoms with Crippen LogP contribution in [0.15, 0.2) is 5.38 Å². The highest BCUT2D eigenvalue weighted by Gasteiger charge is 2.14. The molecule has 0 fully saturated rings. The lowest BCUT2D eigenvalue weighted by Crippen LogP contribution is -2.28. The van der Waals surface area contributed by atoms with Gasteiger partial charge in [0.2, 0.25) is 0 Å². The van der Waals surface area contributed by atoms with Gasteiger partial charge in [-0.15, -0.1) is 17.8 Å². The molecule has 70 valence electrons. The van der Waals surface area contributed by atoms with Crippen LogP contribution in [0, 0.1) is 12.3 Å². The van der Waals surface area contributed by atoms with Crippen LogP contribution in [0.3, 0.4) is 0 Å². The van der Waals surface area contributed by atoms with Gasteiger partial charge in [0.05, 0.1) is 11.2 Å². The number of aryl methyl sites for hydroxylation is 1. The Hall–Kier alpha value is -1.01. The maximum absolute atomic E-state index is 5.36. The Balaban J connectivity index is 2.70. The first-order valence-corrected chi connectivity index (χ1v) is 5.15. The molecule has 3 heteroatoms. The Labute approximate surface area is 83.4 Å². The van der Waals surface area contributed by atoms with E-state index in [0.29, 0.717) is 0 Å². The highest BCUT2D eigenvalue weighted by molar-refractivity contribution is 7.13. The number of nitrogens with one attached hydrogen (secondary N) is 1. The van der Waals surface area contributed by atoms with E-state index in [1.165, 1.54) is 0 Å². The lowest BCUT2D eigenvalue weighted by molar-refractivity contribution is 0.739. The third kappa shape index (κ3) is 2.74. The van der Waals surface area contributed by atoms with Gasteiger partial charge in [-0.1, -0.05) is 12.8 Å². The van der Waals surface area contributed by atoms with Crippen molar-refractivity contribution in [2.45, 2.75) is 32.7 Å². The van der Waals surface area contributed by atoms with E-state index in [-0.39, 0.29) is 5.54 Å². The van der Waals surface area contributed by atoms with Crippen LogP contribution in [0.5, 0.6) is 0 Å². The van der Waals surface area contributed by atoms with Crippen LogP contribution in [-0.2, 0) is 6.42 Å².